The van der Waals surface area contributed by atoms with Gasteiger partial charge in [-0.2, -0.15) is 18.4 Å². The Morgan fingerprint density at radius 1 is 1.47 bits per heavy atom. The number of alkyl halides is 3. The molecule has 0 atom stereocenters. The number of likely N-dealkylation sites (N-methyl/N-ethyl adjacent to an activating group) is 1. The van der Waals surface area contributed by atoms with Crippen LogP contribution in [0.3, 0.4) is 0 Å². The Labute approximate surface area is 171 Å². The molecule has 30 heavy (non-hydrogen) atoms. The number of guanidine groups is 1. The lowest BCUT2D eigenvalue weighted by Crippen LogP contribution is -2.39. The molecule has 1 aliphatic heterocycles. The second-order valence-electron chi connectivity index (χ2n) is 7.14. The van der Waals surface area contributed by atoms with Crippen LogP contribution < -0.4 is 16.0 Å². The molecule has 1 aromatic carbocycles. The van der Waals surface area contributed by atoms with Crippen molar-refractivity contribution in [1.29, 1.82) is 5.26 Å². The Balaban J connectivity index is 2.30. The molecule has 11 heteroatoms. The first-order chi connectivity index (χ1) is 13.9. The third-order valence-corrected chi connectivity index (χ3v) is 4.24. The normalized spacial score (nSPS) is 16.8. The van der Waals surface area contributed by atoms with Crippen molar-refractivity contribution in [2.45, 2.75) is 32.5 Å². The van der Waals surface area contributed by atoms with E-state index in [1.54, 1.807) is 26.8 Å². The van der Waals surface area contributed by atoms with E-state index in [2.05, 4.69) is 10.3 Å². The number of aliphatic imine (C=N–C) groups is 1. The molecule has 2 rings (SSSR count). The van der Waals surface area contributed by atoms with Crippen LogP contribution >= 0.6 is 0 Å². The molecule has 1 fully saturated rings. The van der Waals surface area contributed by atoms with Gasteiger partial charge in [-0.1, -0.05) is 6.07 Å². The highest BCUT2D eigenvalue weighted by Gasteiger charge is 2.36. The minimum absolute atomic E-state index is 0.0150. The summed E-state index contributed by atoms with van der Waals surface area (Å²) in [5, 5.41) is 12.0. The summed E-state index contributed by atoms with van der Waals surface area (Å²) >= 11 is 0. The van der Waals surface area contributed by atoms with Crippen LogP contribution in [0.4, 0.5) is 23.7 Å². The molecule has 0 bridgehead atoms. The molecule has 0 unspecified atom stereocenters. The molecule has 160 valence electrons. The zero-order valence-electron chi connectivity index (χ0n) is 16.6. The summed E-state index contributed by atoms with van der Waals surface area (Å²) in [4.78, 5) is 30.6. The number of nitrogens with two attached hydrogens (primary N) is 1. The molecule has 3 amide bonds. The molecule has 0 saturated carbocycles. The number of halogens is 3. The van der Waals surface area contributed by atoms with E-state index in [-0.39, 0.29) is 24.7 Å². The smallest absolute Gasteiger partial charge is 0.369 e. The van der Waals surface area contributed by atoms with Crippen molar-refractivity contribution in [1.82, 2.24) is 10.2 Å². The van der Waals surface area contributed by atoms with Gasteiger partial charge in [-0.15, -0.1) is 0 Å². The third kappa shape index (κ3) is 5.08. The zero-order valence-corrected chi connectivity index (χ0v) is 16.6. The van der Waals surface area contributed by atoms with Crippen LogP contribution in [0.15, 0.2) is 41.0 Å². The lowest BCUT2D eigenvalue weighted by atomic mass is 10.1. The molecule has 0 spiro atoms. The fraction of sp³-hybridized carbons (Fsp3) is 0.368. The largest absolute Gasteiger partial charge is 0.416 e. The molecule has 0 radical (unpaired) electrons. The fourth-order valence-corrected chi connectivity index (χ4v) is 2.82. The minimum Gasteiger partial charge on any atom is -0.369 e. The summed E-state index contributed by atoms with van der Waals surface area (Å²) in [6, 6.07) is 5.41. The molecule has 0 aliphatic carbocycles. The van der Waals surface area contributed by atoms with Crippen molar-refractivity contribution < 1.29 is 22.8 Å². The van der Waals surface area contributed by atoms with Crippen molar-refractivity contribution in [3.05, 3.63) is 41.6 Å². The molecular formula is C19H21F3N6O2. The van der Waals surface area contributed by atoms with E-state index in [0.29, 0.717) is 0 Å². The number of anilines is 1. The standard InChI is InChI=1S/C19H21F3N6O2/c1-4-27(14-7-5-6-13(8-14)19(20,21)22)15(29)12(9-23)10-25-16(24)28-11-18(2,3)26-17(28)30/h5-8,10H,4,11H2,1-3H3,(H2,24,25)(H,26,30). The Hall–Kier alpha value is -3.55. The molecule has 1 aliphatic rings. The van der Waals surface area contributed by atoms with Gasteiger partial charge in [-0.05, 0) is 39.0 Å². The fourth-order valence-electron chi connectivity index (χ4n) is 2.82. The summed E-state index contributed by atoms with van der Waals surface area (Å²) in [6.07, 6.45) is -3.68. The number of carbonyl (C=O) groups is 2. The molecule has 8 nitrogen and oxygen atoms in total. The Kier molecular flexibility index (Phi) is 6.40. The summed E-state index contributed by atoms with van der Waals surface area (Å²) in [5.74, 6) is -1.07. The maximum atomic E-state index is 13.0. The van der Waals surface area contributed by atoms with Crippen LogP contribution in [0.2, 0.25) is 0 Å². The van der Waals surface area contributed by atoms with Gasteiger partial charge in [0.25, 0.3) is 5.91 Å². The number of amides is 3. The van der Waals surface area contributed by atoms with Gasteiger partial charge in [0.15, 0.2) is 0 Å². The van der Waals surface area contributed by atoms with Crippen LogP contribution in [0.25, 0.3) is 0 Å². The Morgan fingerprint density at radius 3 is 2.63 bits per heavy atom. The van der Waals surface area contributed by atoms with E-state index >= 15 is 0 Å². The Morgan fingerprint density at radius 2 is 2.13 bits per heavy atom. The number of nitrogens with one attached hydrogen (secondary N) is 1. The maximum Gasteiger partial charge on any atom is 0.416 e. The van der Waals surface area contributed by atoms with Gasteiger partial charge in [0, 0.05) is 12.2 Å². The summed E-state index contributed by atoms with van der Waals surface area (Å²) in [6.45, 7) is 5.37. The molecule has 3 N–H and O–H groups in total. The van der Waals surface area contributed by atoms with Crippen molar-refractivity contribution in [2.75, 3.05) is 18.0 Å². The average Bonchev–Trinajstić information content (AvgIpc) is 2.94. The predicted octanol–water partition coefficient (Wildman–Crippen LogP) is 2.58. The zero-order chi connectivity index (χ0) is 22.7. The van der Waals surface area contributed by atoms with Gasteiger partial charge in [0.05, 0.1) is 23.8 Å². The number of nitrogens with zero attached hydrogens (tertiary/aromatic N) is 4. The lowest BCUT2D eigenvalue weighted by Gasteiger charge is -2.21. The van der Waals surface area contributed by atoms with Crippen LogP contribution in [0, 0.1) is 11.3 Å². The van der Waals surface area contributed by atoms with Gasteiger partial charge in [-0.25, -0.2) is 9.79 Å². The highest BCUT2D eigenvalue weighted by Crippen LogP contribution is 2.32. The van der Waals surface area contributed by atoms with Crippen LogP contribution in [-0.2, 0) is 11.0 Å². The van der Waals surface area contributed by atoms with Crippen molar-refractivity contribution in [3.8, 4) is 6.07 Å². The topological polar surface area (TPSA) is 115 Å². The quantitative estimate of drug-likeness (QED) is 0.336. The second-order valence-corrected chi connectivity index (χ2v) is 7.14. The number of hydrogen-bond acceptors (Lipinski definition) is 4. The lowest BCUT2D eigenvalue weighted by molar-refractivity contribution is -0.137. The molecule has 1 saturated heterocycles. The summed E-state index contributed by atoms with van der Waals surface area (Å²) in [5.41, 5.74) is 3.88. The third-order valence-electron chi connectivity index (χ3n) is 4.24. The van der Waals surface area contributed by atoms with E-state index in [4.69, 9.17) is 5.73 Å². The second kappa shape index (κ2) is 8.44. The Bertz CT molecular complexity index is 946. The molecule has 0 aromatic heterocycles. The number of urea groups is 1. The van der Waals surface area contributed by atoms with Crippen molar-refractivity contribution in [2.24, 2.45) is 10.7 Å². The van der Waals surface area contributed by atoms with E-state index < -0.39 is 34.8 Å². The monoisotopic (exact) mass is 422 g/mol. The van der Waals surface area contributed by atoms with E-state index in [1.807, 2.05) is 0 Å². The minimum atomic E-state index is -4.57. The van der Waals surface area contributed by atoms with Gasteiger partial charge in [0.1, 0.15) is 11.6 Å². The number of rotatable bonds is 4. The number of hydrogen-bond donors (Lipinski definition) is 2. The van der Waals surface area contributed by atoms with Gasteiger partial charge in [0.2, 0.25) is 5.96 Å². The summed E-state index contributed by atoms with van der Waals surface area (Å²) < 4.78 is 38.9. The van der Waals surface area contributed by atoms with Crippen LogP contribution in [0.1, 0.15) is 26.3 Å². The SMILES string of the molecule is CCN(C(=O)C(C#N)=CN=C(N)N1CC(C)(C)NC1=O)c1cccc(C(F)(F)F)c1. The van der Waals surface area contributed by atoms with E-state index in [1.165, 1.54) is 12.1 Å². The van der Waals surface area contributed by atoms with Crippen LogP contribution in [0.5, 0.6) is 0 Å². The first kappa shape index (κ1) is 22.7. The molecule has 1 heterocycles. The number of carbonyl (C=O) groups excluding carboxylic acids is 2. The number of benzene rings is 1. The first-order valence-corrected chi connectivity index (χ1v) is 8.92. The van der Waals surface area contributed by atoms with Crippen molar-refractivity contribution in [3.63, 3.8) is 0 Å². The van der Waals surface area contributed by atoms with Crippen molar-refractivity contribution >= 4 is 23.6 Å². The summed E-state index contributed by atoms with van der Waals surface area (Å²) in [7, 11) is 0. The molecule has 1 aromatic rings. The van der Waals surface area contributed by atoms with E-state index in [0.717, 1.165) is 28.1 Å². The number of nitriles is 1. The van der Waals surface area contributed by atoms with E-state index in [9.17, 15) is 28.0 Å². The highest BCUT2D eigenvalue weighted by atomic mass is 19.4. The first-order valence-electron chi connectivity index (χ1n) is 8.92. The average molecular weight is 422 g/mol. The molecular weight excluding hydrogens is 401 g/mol. The predicted molar refractivity (Wildman–Crippen MR) is 104 cm³/mol. The maximum absolute atomic E-state index is 13.0. The van der Waals surface area contributed by atoms with Gasteiger partial charge < -0.3 is 16.0 Å². The van der Waals surface area contributed by atoms with Gasteiger partial charge in [-0.3, -0.25) is 9.69 Å². The van der Waals surface area contributed by atoms with Crippen LogP contribution in [-0.4, -0.2) is 41.4 Å². The highest BCUT2D eigenvalue weighted by molar-refractivity contribution is 6.08. The van der Waals surface area contributed by atoms with Gasteiger partial charge >= 0.3 is 12.2 Å².